The maximum Gasteiger partial charge on any atom is 0.138 e. The summed E-state index contributed by atoms with van der Waals surface area (Å²) in [6.45, 7) is 0.0451. The SMILES string of the molecule is OCc1ccc2[nH]c(-c3ccccc3)nc2c1. The minimum Gasteiger partial charge on any atom is -0.392 e. The number of nitrogens with one attached hydrogen (secondary N) is 1. The topological polar surface area (TPSA) is 48.9 Å². The Kier molecular flexibility index (Phi) is 2.38. The molecule has 0 saturated heterocycles. The van der Waals surface area contributed by atoms with E-state index in [1.165, 1.54) is 0 Å². The Morgan fingerprint density at radius 2 is 1.88 bits per heavy atom. The zero-order valence-electron chi connectivity index (χ0n) is 9.22. The van der Waals surface area contributed by atoms with Crippen LogP contribution in [0, 0.1) is 0 Å². The highest BCUT2D eigenvalue weighted by atomic mass is 16.3. The van der Waals surface area contributed by atoms with E-state index in [-0.39, 0.29) is 6.61 Å². The summed E-state index contributed by atoms with van der Waals surface area (Å²) in [7, 11) is 0. The molecule has 0 fully saturated rings. The van der Waals surface area contributed by atoms with Gasteiger partial charge in [-0.2, -0.15) is 0 Å². The van der Waals surface area contributed by atoms with Crippen LogP contribution in [0.15, 0.2) is 48.5 Å². The Bertz CT molecular complexity index is 644. The molecule has 0 aliphatic rings. The Balaban J connectivity index is 2.14. The number of nitrogens with zero attached hydrogens (tertiary/aromatic N) is 1. The Morgan fingerprint density at radius 3 is 2.65 bits per heavy atom. The summed E-state index contributed by atoms with van der Waals surface area (Å²) >= 11 is 0. The molecule has 1 aromatic heterocycles. The molecular weight excluding hydrogens is 212 g/mol. The lowest BCUT2D eigenvalue weighted by Gasteiger charge is -1.93. The number of aliphatic hydroxyl groups excluding tert-OH is 1. The molecule has 0 saturated carbocycles. The van der Waals surface area contributed by atoms with Crippen molar-refractivity contribution in [2.45, 2.75) is 6.61 Å². The van der Waals surface area contributed by atoms with Gasteiger partial charge >= 0.3 is 0 Å². The highest BCUT2D eigenvalue weighted by molar-refractivity contribution is 5.79. The van der Waals surface area contributed by atoms with Crippen LogP contribution < -0.4 is 0 Å². The summed E-state index contributed by atoms with van der Waals surface area (Å²) in [6, 6.07) is 15.7. The van der Waals surface area contributed by atoms with Crippen LogP contribution in [0.25, 0.3) is 22.4 Å². The van der Waals surface area contributed by atoms with E-state index in [1.54, 1.807) is 0 Å². The fourth-order valence-electron chi connectivity index (χ4n) is 1.88. The molecule has 3 nitrogen and oxygen atoms in total. The normalized spacial score (nSPS) is 10.9. The van der Waals surface area contributed by atoms with Gasteiger partial charge in [0, 0.05) is 5.56 Å². The predicted octanol–water partition coefficient (Wildman–Crippen LogP) is 2.72. The van der Waals surface area contributed by atoms with E-state index in [2.05, 4.69) is 9.97 Å². The van der Waals surface area contributed by atoms with Crippen molar-refractivity contribution in [3.05, 3.63) is 54.1 Å². The Morgan fingerprint density at radius 1 is 1.06 bits per heavy atom. The Labute approximate surface area is 98.8 Å². The molecule has 0 amide bonds. The van der Waals surface area contributed by atoms with Gasteiger partial charge in [0.2, 0.25) is 0 Å². The molecule has 17 heavy (non-hydrogen) atoms. The Hall–Kier alpha value is -2.13. The zero-order chi connectivity index (χ0) is 11.7. The summed E-state index contributed by atoms with van der Waals surface area (Å²) in [5.41, 5.74) is 3.81. The van der Waals surface area contributed by atoms with E-state index in [9.17, 15) is 0 Å². The standard InChI is InChI=1S/C14H12N2O/c17-9-10-6-7-12-13(8-10)16-14(15-12)11-4-2-1-3-5-11/h1-8,17H,9H2,(H,15,16). The van der Waals surface area contributed by atoms with Crippen LogP contribution in [-0.4, -0.2) is 15.1 Å². The zero-order valence-corrected chi connectivity index (χ0v) is 9.22. The summed E-state index contributed by atoms with van der Waals surface area (Å²) < 4.78 is 0. The number of aliphatic hydroxyl groups is 1. The minimum atomic E-state index is 0.0451. The molecule has 0 atom stereocenters. The van der Waals surface area contributed by atoms with Crippen LogP contribution in [0.4, 0.5) is 0 Å². The first-order valence-corrected chi connectivity index (χ1v) is 5.52. The van der Waals surface area contributed by atoms with E-state index < -0.39 is 0 Å². The number of imidazole rings is 1. The molecule has 84 valence electrons. The van der Waals surface area contributed by atoms with Crippen molar-refractivity contribution >= 4 is 11.0 Å². The van der Waals surface area contributed by atoms with Crippen molar-refractivity contribution in [3.63, 3.8) is 0 Å². The second-order valence-electron chi connectivity index (χ2n) is 3.96. The van der Waals surface area contributed by atoms with Gasteiger partial charge in [0.15, 0.2) is 0 Å². The number of H-pyrrole nitrogens is 1. The van der Waals surface area contributed by atoms with Crippen molar-refractivity contribution in [2.24, 2.45) is 0 Å². The largest absolute Gasteiger partial charge is 0.392 e. The van der Waals surface area contributed by atoms with Crippen LogP contribution in [0.1, 0.15) is 5.56 Å². The van der Waals surface area contributed by atoms with Gasteiger partial charge in [0.1, 0.15) is 5.82 Å². The van der Waals surface area contributed by atoms with Gasteiger partial charge in [-0.1, -0.05) is 36.4 Å². The highest BCUT2D eigenvalue weighted by Gasteiger charge is 2.04. The molecule has 3 rings (SSSR count). The average molecular weight is 224 g/mol. The van der Waals surface area contributed by atoms with Gasteiger partial charge in [-0.25, -0.2) is 4.98 Å². The van der Waals surface area contributed by atoms with E-state index in [1.807, 2.05) is 48.5 Å². The van der Waals surface area contributed by atoms with Gasteiger partial charge in [0.05, 0.1) is 17.6 Å². The van der Waals surface area contributed by atoms with Gasteiger partial charge in [-0.05, 0) is 17.7 Å². The third kappa shape index (κ3) is 1.81. The van der Waals surface area contributed by atoms with Crippen molar-refractivity contribution in [1.82, 2.24) is 9.97 Å². The molecule has 0 aliphatic heterocycles. The first kappa shape index (κ1) is 10.1. The number of hydrogen-bond acceptors (Lipinski definition) is 2. The molecular formula is C14H12N2O. The maximum absolute atomic E-state index is 9.08. The lowest BCUT2D eigenvalue weighted by atomic mass is 10.2. The molecule has 1 heterocycles. The van der Waals surface area contributed by atoms with E-state index in [0.717, 1.165) is 28.0 Å². The molecule has 0 bridgehead atoms. The van der Waals surface area contributed by atoms with Crippen molar-refractivity contribution in [3.8, 4) is 11.4 Å². The fraction of sp³-hybridized carbons (Fsp3) is 0.0714. The molecule has 3 aromatic rings. The molecule has 2 N–H and O–H groups in total. The number of fused-ring (bicyclic) bond motifs is 1. The van der Waals surface area contributed by atoms with Crippen molar-refractivity contribution in [2.75, 3.05) is 0 Å². The number of aromatic amines is 1. The van der Waals surface area contributed by atoms with Crippen molar-refractivity contribution in [1.29, 1.82) is 0 Å². The van der Waals surface area contributed by atoms with Gasteiger partial charge < -0.3 is 10.1 Å². The summed E-state index contributed by atoms with van der Waals surface area (Å²) in [5.74, 6) is 0.857. The molecule has 2 aromatic carbocycles. The van der Waals surface area contributed by atoms with E-state index in [0.29, 0.717) is 0 Å². The van der Waals surface area contributed by atoms with Gasteiger partial charge in [-0.15, -0.1) is 0 Å². The summed E-state index contributed by atoms with van der Waals surface area (Å²) in [4.78, 5) is 7.80. The molecule has 0 unspecified atom stereocenters. The second kappa shape index (κ2) is 4.03. The predicted molar refractivity (Wildman–Crippen MR) is 67.5 cm³/mol. The van der Waals surface area contributed by atoms with Crippen LogP contribution in [0.3, 0.4) is 0 Å². The molecule has 0 aliphatic carbocycles. The summed E-state index contributed by atoms with van der Waals surface area (Å²) in [5, 5.41) is 9.08. The summed E-state index contributed by atoms with van der Waals surface area (Å²) in [6.07, 6.45) is 0. The fourth-order valence-corrected chi connectivity index (χ4v) is 1.88. The van der Waals surface area contributed by atoms with Crippen LogP contribution in [0.5, 0.6) is 0 Å². The number of rotatable bonds is 2. The molecule has 0 radical (unpaired) electrons. The number of aromatic nitrogens is 2. The van der Waals surface area contributed by atoms with E-state index in [4.69, 9.17) is 5.11 Å². The quantitative estimate of drug-likeness (QED) is 0.703. The van der Waals surface area contributed by atoms with Crippen LogP contribution in [0.2, 0.25) is 0 Å². The third-order valence-electron chi connectivity index (χ3n) is 2.78. The second-order valence-corrected chi connectivity index (χ2v) is 3.96. The third-order valence-corrected chi connectivity index (χ3v) is 2.78. The van der Waals surface area contributed by atoms with E-state index >= 15 is 0 Å². The first-order valence-electron chi connectivity index (χ1n) is 5.52. The lowest BCUT2D eigenvalue weighted by molar-refractivity contribution is 0.282. The highest BCUT2D eigenvalue weighted by Crippen LogP contribution is 2.20. The molecule has 0 spiro atoms. The van der Waals surface area contributed by atoms with Crippen molar-refractivity contribution < 1.29 is 5.11 Å². The lowest BCUT2D eigenvalue weighted by Crippen LogP contribution is -1.81. The monoisotopic (exact) mass is 224 g/mol. The minimum absolute atomic E-state index is 0.0451. The van der Waals surface area contributed by atoms with Crippen LogP contribution in [-0.2, 0) is 6.61 Å². The first-order chi connectivity index (χ1) is 8.36. The van der Waals surface area contributed by atoms with Gasteiger partial charge in [-0.3, -0.25) is 0 Å². The smallest absolute Gasteiger partial charge is 0.138 e. The van der Waals surface area contributed by atoms with Crippen LogP contribution >= 0.6 is 0 Å². The van der Waals surface area contributed by atoms with Gasteiger partial charge in [0.25, 0.3) is 0 Å². The average Bonchev–Trinajstić information content (AvgIpc) is 2.82. The number of hydrogen-bond donors (Lipinski definition) is 2. The number of benzene rings is 2. The maximum atomic E-state index is 9.08. The molecule has 3 heteroatoms.